The number of amides is 4. The van der Waals surface area contributed by atoms with Gasteiger partial charge in [-0.05, 0) is 0 Å². The Morgan fingerprint density at radius 2 is 0.800 bits per heavy atom. The summed E-state index contributed by atoms with van der Waals surface area (Å²) in [7, 11) is 0.964. The Labute approximate surface area is 218 Å². The zero-order valence-corrected chi connectivity index (χ0v) is 20.9. The third-order valence-corrected chi connectivity index (χ3v) is 2.87. The predicted molar refractivity (Wildman–Crippen MR) is 83.9 cm³/mol. The van der Waals surface area contributed by atoms with Gasteiger partial charge in [0.15, 0.2) is 0 Å². The number of aliphatic carboxylic acids is 4. The van der Waals surface area contributed by atoms with E-state index in [2.05, 4.69) is 0 Å². The quantitative estimate of drug-likeness (QED) is 0.156. The van der Waals surface area contributed by atoms with E-state index >= 15 is 0 Å². The molecule has 16 nitrogen and oxygen atoms in total. The fraction of sp³-hybridized carbons (Fsp3) is 0.250. The zero-order chi connectivity index (χ0) is 22.3. The molecule has 0 aliphatic heterocycles. The van der Waals surface area contributed by atoms with Crippen molar-refractivity contribution in [2.24, 2.45) is 10.8 Å². The molecule has 0 aliphatic rings. The average molecular weight is 584 g/mol. The van der Waals surface area contributed by atoms with Crippen LogP contribution in [0.5, 0.6) is 0 Å². The second kappa shape index (κ2) is 14.9. The number of hydrogen-bond donors (Lipinski definition) is 5. The molecular weight excluding hydrogens is 570 g/mol. The molecule has 2 radical (unpaired) electrons. The van der Waals surface area contributed by atoms with Crippen molar-refractivity contribution in [1.82, 2.24) is 5.32 Å². The van der Waals surface area contributed by atoms with Crippen LogP contribution in [0, 0.1) is 18.3 Å². The summed E-state index contributed by atoms with van der Waals surface area (Å²) in [5, 5.41) is 35.2. The molecule has 0 unspecified atom stereocenters. The molecule has 0 aromatic rings. The molecule has 0 heterocycles. The molecule has 164 valence electrons. The molecule has 0 aromatic heterocycles. The smallest absolute Gasteiger partial charge is 0.336 e. The first-order valence-corrected chi connectivity index (χ1v) is 6.03. The molecule has 0 aliphatic carbocycles. The van der Waals surface area contributed by atoms with E-state index in [1.807, 2.05) is 0 Å². The van der Waals surface area contributed by atoms with Gasteiger partial charge in [-0.15, -0.1) is 0 Å². The summed E-state index contributed by atoms with van der Waals surface area (Å²) in [6, 6.07) is 0. The minimum atomic E-state index is -3.61. The Morgan fingerprint density at radius 3 is 0.833 bits per heavy atom. The Bertz CT molecular complexity index is 641. The van der Waals surface area contributed by atoms with E-state index in [1.54, 1.807) is 5.32 Å². The molecule has 18 heteroatoms. The third kappa shape index (κ3) is 7.04. The Balaban J connectivity index is -0.000000127. The maximum absolute atomic E-state index is 10.9. The van der Waals surface area contributed by atoms with Crippen molar-refractivity contribution in [3.8, 4) is 0 Å². The predicted octanol–water partition coefficient (Wildman–Crippen LogP) is -1.79. The van der Waals surface area contributed by atoms with Crippen LogP contribution in [0.25, 0.3) is 17.2 Å². The minimum absolute atomic E-state index is 0. The Hall–Kier alpha value is -2.03. The van der Waals surface area contributed by atoms with Crippen LogP contribution in [0.4, 0.5) is 0 Å². The molecule has 0 rings (SSSR count). The first kappa shape index (κ1) is 38.6. The van der Waals surface area contributed by atoms with Gasteiger partial charge in [0.1, 0.15) is 0 Å². The molecule has 0 saturated carbocycles. The second-order valence-electron chi connectivity index (χ2n) is 4.29. The topological polar surface area (TPSA) is 301 Å². The van der Waals surface area contributed by atoms with Gasteiger partial charge in [0.25, 0.3) is 11.3 Å². The van der Waals surface area contributed by atoms with Crippen LogP contribution < -0.4 is 5.32 Å². The molecule has 0 fully saturated rings. The molecule has 0 saturated heterocycles. The Morgan fingerprint density at radius 1 is 0.600 bits per heavy atom. The van der Waals surface area contributed by atoms with E-state index < -0.39 is 58.3 Å². The molecule has 0 spiro atoms. The first-order valence-electron chi connectivity index (χ1n) is 6.03. The van der Waals surface area contributed by atoms with Crippen molar-refractivity contribution in [3.05, 3.63) is 24.6 Å². The maximum atomic E-state index is 10.9. The van der Waals surface area contributed by atoms with Crippen molar-refractivity contribution in [3.63, 3.8) is 0 Å². The molecule has 0 bridgehead atoms. The van der Waals surface area contributed by atoms with Gasteiger partial charge in [0.2, 0.25) is 5.41 Å². The summed E-state index contributed by atoms with van der Waals surface area (Å²) in [5.41, 5.74) is 12.2. The van der Waals surface area contributed by atoms with Gasteiger partial charge in [-0.1, -0.05) is 0 Å². The number of rotatable bonds is 8. The van der Waals surface area contributed by atoms with E-state index in [0.29, 0.717) is 0 Å². The van der Waals surface area contributed by atoms with Crippen molar-refractivity contribution >= 4 is 47.5 Å². The second-order valence-corrected chi connectivity index (χ2v) is 4.29. The maximum Gasteiger partial charge on any atom is 0.336 e. The number of carboxylic acids is 4. The fourth-order valence-corrected chi connectivity index (χ4v) is 1.35. The summed E-state index contributed by atoms with van der Waals surface area (Å²) in [6.45, 7) is 0. The van der Waals surface area contributed by atoms with Crippen LogP contribution in [-0.2, 0) is 104 Å². The van der Waals surface area contributed by atoms with Crippen molar-refractivity contribution in [2.75, 3.05) is 7.05 Å². The molecule has 8 N–H and O–H groups in total. The Kier molecular flexibility index (Phi) is 19.1. The monoisotopic (exact) mass is 584 g/mol. The number of carbonyl (C=O) groups is 8. The summed E-state index contributed by atoms with van der Waals surface area (Å²) >= 11 is 0. The number of carbonyl (C=O) groups excluding carboxylic acids is 4. The molecule has 0 atom stereocenters. The number of nitrogens with one attached hydrogen (secondary N) is 4. The van der Waals surface area contributed by atoms with Gasteiger partial charge in [0, 0.05) is 72.5 Å². The first-order chi connectivity index (χ1) is 12.1. The normalized spacial score (nSPS) is 9.37. The summed E-state index contributed by atoms with van der Waals surface area (Å²) in [4.78, 5) is 83.9. The van der Waals surface area contributed by atoms with Crippen LogP contribution in [0.2, 0.25) is 0 Å². The van der Waals surface area contributed by atoms with Crippen molar-refractivity contribution in [1.29, 1.82) is 0 Å². The zero-order valence-electron chi connectivity index (χ0n) is 15.2. The SMILES string of the molecule is CNC(=O)C(C([NH-])=O)(C(=O)O)C(=O)O.[CH3-].[NH-]C(=O)C(C([NH-])=O)(C(=O)O)C(=O)O.[Y].[Y]. The molecular formula is C12H14N4O12Y2-4. The molecule has 4 amide bonds. The van der Waals surface area contributed by atoms with Crippen LogP contribution in [0.15, 0.2) is 0 Å². The van der Waals surface area contributed by atoms with Gasteiger partial charge in [-0.25, -0.2) is 9.59 Å². The van der Waals surface area contributed by atoms with Crippen LogP contribution >= 0.6 is 0 Å². The van der Waals surface area contributed by atoms with Crippen LogP contribution in [0.3, 0.4) is 0 Å². The van der Waals surface area contributed by atoms with Gasteiger partial charge in [-0.2, -0.15) is 0 Å². The molecule has 0 aromatic carbocycles. The van der Waals surface area contributed by atoms with Gasteiger partial charge in [0.05, 0.1) is 17.7 Å². The van der Waals surface area contributed by atoms with Gasteiger partial charge < -0.3 is 64.8 Å². The minimum Gasteiger partial charge on any atom is -0.666 e. The summed E-state index contributed by atoms with van der Waals surface area (Å²) in [5.74, 6) is -16.9. The number of hydrogen-bond acceptors (Lipinski definition) is 8. The van der Waals surface area contributed by atoms with E-state index in [9.17, 15) is 38.4 Å². The average Bonchev–Trinajstić information content (AvgIpc) is 2.45. The van der Waals surface area contributed by atoms with E-state index in [0.717, 1.165) is 7.05 Å². The van der Waals surface area contributed by atoms with E-state index in [4.69, 9.17) is 37.6 Å². The molecule has 30 heavy (non-hydrogen) atoms. The van der Waals surface area contributed by atoms with Crippen LogP contribution in [-0.4, -0.2) is 75.0 Å². The van der Waals surface area contributed by atoms with Gasteiger partial charge in [-0.3, -0.25) is 14.4 Å². The van der Waals surface area contributed by atoms with Gasteiger partial charge >= 0.3 is 23.9 Å². The summed E-state index contributed by atoms with van der Waals surface area (Å²) < 4.78 is 0. The third-order valence-electron chi connectivity index (χ3n) is 2.87. The largest absolute Gasteiger partial charge is 0.666 e. The van der Waals surface area contributed by atoms with Crippen LogP contribution in [0.1, 0.15) is 0 Å². The number of carboxylic acid groups (broad SMARTS) is 4. The van der Waals surface area contributed by atoms with Crippen molar-refractivity contribution < 1.29 is 124 Å². The standard InChI is InChI=1S/C6H8N2O6.C5H6N2O6.CH3.2Y/c1-8-3(10)6(2(7)9,4(11)12)5(13)14;6-1(8)5(2(7)9,3(10)11)4(12)13;;;/h1H3,(H5,7,8,9,10,11,12,13,14);(H6,6,7,8,9,10,11,12,13);1H3;;/q;;-1;;/p-3. The van der Waals surface area contributed by atoms with E-state index in [-0.39, 0.29) is 72.8 Å². The summed E-state index contributed by atoms with van der Waals surface area (Å²) in [6.07, 6.45) is 0. The van der Waals surface area contributed by atoms with Crippen molar-refractivity contribution in [2.45, 2.75) is 0 Å². The van der Waals surface area contributed by atoms with E-state index in [1.165, 1.54) is 0 Å². The fourth-order valence-electron chi connectivity index (χ4n) is 1.35.